The number of hydrogen-bond acceptors (Lipinski definition) is 4. The van der Waals surface area contributed by atoms with E-state index in [1.807, 2.05) is 32.0 Å². The van der Waals surface area contributed by atoms with Crippen molar-refractivity contribution in [3.63, 3.8) is 0 Å². The second kappa shape index (κ2) is 6.77. The Labute approximate surface area is 102 Å². The zero-order valence-corrected chi connectivity index (χ0v) is 10.5. The molecule has 17 heavy (non-hydrogen) atoms. The third-order valence-corrected chi connectivity index (χ3v) is 2.36. The summed E-state index contributed by atoms with van der Waals surface area (Å²) in [5.41, 5.74) is 0.888. The first kappa shape index (κ1) is 13.3. The highest BCUT2D eigenvalue weighted by Gasteiger charge is 2.12. The fraction of sp³-hybridized carbons (Fsp3) is 0.462. The first-order chi connectivity index (χ1) is 8.26. The fourth-order valence-corrected chi connectivity index (χ4v) is 1.58. The van der Waals surface area contributed by atoms with Gasteiger partial charge in [0.2, 0.25) is 0 Å². The maximum absolute atomic E-state index is 9.07. The Morgan fingerprint density at radius 1 is 1.35 bits per heavy atom. The van der Waals surface area contributed by atoms with Gasteiger partial charge in [0.15, 0.2) is 11.5 Å². The predicted octanol–water partition coefficient (Wildman–Crippen LogP) is 2.27. The first-order valence-electron chi connectivity index (χ1n) is 5.70. The van der Waals surface area contributed by atoms with Gasteiger partial charge in [-0.2, -0.15) is 5.26 Å². The lowest BCUT2D eigenvalue weighted by Gasteiger charge is -2.14. The van der Waals surface area contributed by atoms with Crippen molar-refractivity contribution in [2.45, 2.75) is 19.9 Å². The Hall–Kier alpha value is -1.73. The highest BCUT2D eigenvalue weighted by atomic mass is 16.5. The van der Waals surface area contributed by atoms with E-state index in [0.29, 0.717) is 18.1 Å². The van der Waals surface area contributed by atoms with Crippen LogP contribution in [0.25, 0.3) is 0 Å². The van der Waals surface area contributed by atoms with Crippen LogP contribution >= 0.6 is 0 Å². The van der Waals surface area contributed by atoms with Crippen LogP contribution in [0.2, 0.25) is 0 Å². The van der Waals surface area contributed by atoms with Crippen LogP contribution in [-0.4, -0.2) is 20.3 Å². The molecule has 1 unspecified atom stereocenters. The number of nitriles is 1. The van der Waals surface area contributed by atoms with Crippen molar-refractivity contribution in [3.8, 4) is 17.6 Å². The first-order valence-corrected chi connectivity index (χ1v) is 5.70. The number of methoxy groups -OCH3 is 1. The molecule has 1 aromatic rings. The molecule has 4 heteroatoms. The summed E-state index contributed by atoms with van der Waals surface area (Å²) in [6.45, 7) is 5.20. The molecular formula is C13H18N2O2. The van der Waals surface area contributed by atoms with Gasteiger partial charge < -0.3 is 9.47 Å². The van der Waals surface area contributed by atoms with E-state index in [-0.39, 0.29) is 6.04 Å². The van der Waals surface area contributed by atoms with Crippen molar-refractivity contribution >= 4 is 0 Å². The highest BCUT2D eigenvalue weighted by Crippen LogP contribution is 2.30. The van der Waals surface area contributed by atoms with E-state index in [0.717, 1.165) is 12.1 Å². The SMILES string of the molecule is CCNC(C#N)c1ccc(OC)c(OCC)c1. The Bertz CT molecular complexity index is 399. The van der Waals surface area contributed by atoms with Gasteiger partial charge in [0.25, 0.3) is 0 Å². The molecule has 0 heterocycles. The molecule has 0 aliphatic rings. The zero-order chi connectivity index (χ0) is 12.7. The van der Waals surface area contributed by atoms with Gasteiger partial charge in [-0.15, -0.1) is 0 Å². The van der Waals surface area contributed by atoms with E-state index < -0.39 is 0 Å². The predicted molar refractivity (Wildman–Crippen MR) is 66.2 cm³/mol. The third-order valence-electron chi connectivity index (χ3n) is 2.36. The molecule has 0 fully saturated rings. The van der Waals surface area contributed by atoms with Crippen LogP contribution in [0.3, 0.4) is 0 Å². The molecule has 0 amide bonds. The van der Waals surface area contributed by atoms with E-state index in [2.05, 4.69) is 11.4 Å². The average Bonchev–Trinajstić information content (AvgIpc) is 2.36. The van der Waals surface area contributed by atoms with Crippen LogP contribution in [0.15, 0.2) is 18.2 Å². The van der Waals surface area contributed by atoms with Gasteiger partial charge in [-0.05, 0) is 31.2 Å². The van der Waals surface area contributed by atoms with Crippen molar-refractivity contribution in [1.29, 1.82) is 5.26 Å². The van der Waals surface area contributed by atoms with Crippen LogP contribution in [-0.2, 0) is 0 Å². The molecule has 92 valence electrons. The van der Waals surface area contributed by atoms with Crippen LogP contribution in [0.4, 0.5) is 0 Å². The monoisotopic (exact) mass is 234 g/mol. The molecule has 0 spiro atoms. The summed E-state index contributed by atoms with van der Waals surface area (Å²) in [5.74, 6) is 1.36. The molecule has 0 radical (unpaired) electrons. The van der Waals surface area contributed by atoms with Crippen LogP contribution in [0.1, 0.15) is 25.5 Å². The minimum Gasteiger partial charge on any atom is -0.493 e. The summed E-state index contributed by atoms with van der Waals surface area (Å²) in [5, 5.41) is 12.2. The van der Waals surface area contributed by atoms with Gasteiger partial charge in [0.05, 0.1) is 19.8 Å². The lowest BCUT2D eigenvalue weighted by Crippen LogP contribution is -2.19. The number of benzene rings is 1. The normalized spacial score (nSPS) is 11.6. The fourth-order valence-electron chi connectivity index (χ4n) is 1.58. The number of rotatable bonds is 6. The second-order valence-electron chi connectivity index (χ2n) is 3.46. The van der Waals surface area contributed by atoms with Crippen molar-refractivity contribution in [3.05, 3.63) is 23.8 Å². The van der Waals surface area contributed by atoms with Crippen LogP contribution < -0.4 is 14.8 Å². The Morgan fingerprint density at radius 2 is 2.12 bits per heavy atom. The lowest BCUT2D eigenvalue weighted by atomic mass is 10.1. The summed E-state index contributed by atoms with van der Waals surface area (Å²) in [6, 6.07) is 7.44. The molecule has 1 rings (SSSR count). The standard InChI is InChI=1S/C13H18N2O2/c1-4-15-11(9-14)10-6-7-12(16-3)13(8-10)17-5-2/h6-8,11,15H,4-5H2,1-3H3. The van der Waals surface area contributed by atoms with E-state index in [9.17, 15) is 0 Å². The molecule has 0 bridgehead atoms. The Morgan fingerprint density at radius 3 is 2.65 bits per heavy atom. The molecule has 1 atom stereocenters. The van der Waals surface area contributed by atoms with Crippen molar-refractivity contribution in [1.82, 2.24) is 5.32 Å². The van der Waals surface area contributed by atoms with Crippen molar-refractivity contribution in [2.24, 2.45) is 0 Å². The number of ether oxygens (including phenoxy) is 2. The largest absolute Gasteiger partial charge is 0.493 e. The van der Waals surface area contributed by atoms with E-state index in [1.54, 1.807) is 7.11 Å². The zero-order valence-electron chi connectivity index (χ0n) is 10.5. The Kier molecular flexibility index (Phi) is 5.31. The van der Waals surface area contributed by atoms with Gasteiger partial charge in [-0.1, -0.05) is 13.0 Å². The maximum Gasteiger partial charge on any atom is 0.161 e. The number of nitrogens with zero attached hydrogens (tertiary/aromatic N) is 1. The lowest BCUT2D eigenvalue weighted by molar-refractivity contribution is 0.310. The van der Waals surface area contributed by atoms with E-state index in [1.165, 1.54) is 0 Å². The van der Waals surface area contributed by atoms with Crippen molar-refractivity contribution < 1.29 is 9.47 Å². The second-order valence-corrected chi connectivity index (χ2v) is 3.46. The summed E-state index contributed by atoms with van der Waals surface area (Å²) in [4.78, 5) is 0. The van der Waals surface area contributed by atoms with Crippen molar-refractivity contribution in [2.75, 3.05) is 20.3 Å². The van der Waals surface area contributed by atoms with Gasteiger partial charge in [0.1, 0.15) is 6.04 Å². The van der Waals surface area contributed by atoms with Crippen LogP contribution in [0.5, 0.6) is 11.5 Å². The van der Waals surface area contributed by atoms with E-state index >= 15 is 0 Å². The average molecular weight is 234 g/mol. The smallest absolute Gasteiger partial charge is 0.161 e. The molecule has 1 N–H and O–H groups in total. The topological polar surface area (TPSA) is 54.3 Å². The molecule has 0 saturated carbocycles. The minimum absolute atomic E-state index is 0.315. The maximum atomic E-state index is 9.07. The van der Waals surface area contributed by atoms with Gasteiger partial charge in [-0.3, -0.25) is 5.32 Å². The molecule has 0 aliphatic heterocycles. The summed E-state index contributed by atoms with van der Waals surface area (Å²) >= 11 is 0. The van der Waals surface area contributed by atoms with Crippen LogP contribution in [0, 0.1) is 11.3 Å². The summed E-state index contributed by atoms with van der Waals surface area (Å²) in [6.07, 6.45) is 0. The van der Waals surface area contributed by atoms with E-state index in [4.69, 9.17) is 14.7 Å². The minimum atomic E-state index is -0.315. The summed E-state index contributed by atoms with van der Waals surface area (Å²) < 4.78 is 10.7. The van der Waals surface area contributed by atoms with Gasteiger partial charge in [-0.25, -0.2) is 0 Å². The number of nitrogens with one attached hydrogen (secondary N) is 1. The van der Waals surface area contributed by atoms with Gasteiger partial charge in [0, 0.05) is 0 Å². The molecular weight excluding hydrogens is 216 g/mol. The van der Waals surface area contributed by atoms with Gasteiger partial charge >= 0.3 is 0 Å². The third kappa shape index (κ3) is 3.36. The summed E-state index contributed by atoms with van der Waals surface area (Å²) in [7, 11) is 1.60. The quantitative estimate of drug-likeness (QED) is 0.820. The molecule has 0 aromatic heterocycles. The molecule has 0 aliphatic carbocycles. The molecule has 0 saturated heterocycles. The molecule has 1 aromatic carbocycles. The number of hydrogen-bond donors (Lipinski definition) is 1. The Balaban J connectivity index is 3.02. The molecule has 4 nitrogen and oxygen atoms in total. The highest BCUT2D eigenvalue weighted by molar-refractivity contribution is 5.44.